The van der Waals surface area contributed by atoms with E-state index in [0.717, 1.165) is 11.1 Å². The average molecular weight is 315 g/mol. The van der Waals surface area contributed by atoms with Gasteiger partial charge >= 0.3 is 5.97 Å². The van der Waals surface area contributed by atoms with Gasteiger partial charge in [0, 0.05) is 11.1 Å². The third-order valence-electron chi connectivity index (χ3n) is 4.20. The highest BCUT2D eigenvalue weighted by atomic mass is 16.4. The average Bonchev–Trinajstić information content (AvgIpc) is 3.08. The molecule has 1 heterocycles. The van der Waals surface area contributed by atoms with Crippen molar-refractivity contribution >= 4 is 11.9 Å². The van der Waals surface area contributed by atoms with Crippen molar-refractivity contribution in [3.63, 3.8) is 0 Å². The quantitative estimate of drug-likeness (QED) is 0.816. The van der Waals surface area contributed by atoms with Gasteiger partial charge in [0.2, 0.25) is 0 Å². The first-order chi connectivity index (χ1) is 11.0. The summed E-state index contributed by atoms with van der Waals surface area (Å²) in [5, 5.41) is 12.0. The van der Waals surface area contributed by atoms with Crippen LogP contribution in [0.2, 0.25) is 0 Å². The summed E-state index contributed by atoms with van der Waals surface area (Å²) in [4.78, 5) is 23.7. The fourth-order valence-corrected chi connectivity index (χ4v) is 2.59. The first-order valence-electron chi connectivity index (χ1n) is 7.66. The number of nitrogens with one attached hydrogen (secondary N) is 1. The van der Waals surface area contributed by atoms with E-state index in [1.807, 2.05) is 26.0 Å². The molecule has 0 saturated heterocycles. The number of hydrogen-bond donors (Lipinski definition) is 2. The molecule has 122 valence electrons. The molecule has 0 atom stereocenters. The van der Waals surface area contributed by atoms with Gasteiger partial charge in [0.1, 0.15) is 0 Å². The van der Waals surface area contributed by atoms with Gasteiger partial charge in [-0.3, -0.25) is 9.59 Å². The zero-order valence-corrected chi connectivity index (χ0v) is 13.3. The van der Waals surface area contributed by atoms with E-state index in [-0.39, 0.29) is 12.3 Å². The lowest BCUT2D eigenvalue weighted by Gasteiger charge is -2.31. The maximum atomic E-state index is 12.6. The third-order valence-corrected chi connectivity index (χ3v) is 4.20. The van der Waals surface area contributed by atoms with Crippen LogP contribution < -0.4 is 5.32 Å². The number of carbonyl (C=O) groups excluding carboxylic acids is 1. The highest BCUT2D eigenvalue weighted by molar-refractivity contribution is 5.96. The molecule has 1 aromatic carbocycles. The minimum Gasteiger partial charge on any atom is -0.481 e. The molecule has 0 unspecified atom stereocenters. The second-order valence-electron chi connectivity index (χ2n) is 5.60. The fraction of sp³-hybridized carbons (Fsp3) is 0.333. The summed E-state index contributed by atoms with van der Waals surface area (Å²) >= 11 is 0. The van der Waals surface area contributed by atoms with Crippen LogP contribution in [-0.2, 0) is 4.79 Å². The molecule has 2 N–H and O–H groups in total. The van der Waals surface area contributed by atoms with E-state index in [2.05, 4.69) is 5.32 Å². The molecular weight excluding hydrogens is 294 g/mol. The standard InChI is InChI=1S/C18H21NO4/c1-3-18(4-2,11-16(20)21)19-17(22)14-7-5-6-13(10-14)15-8-9-23-12-15/h5-10,12H,3-4,11H2,1-2H3,(H,19,22)(H,20,21). The van der Waals surface area contributed by atoms with E-state index in [1.165, 1.54) is 0 Å². The van der Waals surface area contributed by atoms with Crippen LogP contribution in [-0.4, -0.2) is 22.5 Å². The van der Waals surface area contributed by atoms with Crippen LogP contribution in [0.15, 0.2) is 47.3 Å². The van der Waals surface area contributed by atoms with Crippen LogP contribution in [0.4, 0.5) is 0 Å². The van der Waals surface area contributed by atoms with Crippen molar-refractivity contribution in [2.24, 2.45) is 0 Å². The third kappa shape index (κ3) is 4.00. The molecule has 0 radical (unpaired) electrons. The van der Waals surface area contributed by atoms with Crippen molar-refractivity contribution < 1.29 is 19.1 Å². The molecule has 1 amide bonds. The number of aliphatic carboxylic acids is 1. The Morgan fingerprint density at radius 2 is 1.91 bits per heavy atom. The van der Waals surface area contributed by atoms with Gasteiger partial charge in [0.15, 0.2) is 0 Å². The summed E-state index contributed by atoms with van der Waals surface area (Å²) in [6.07, 6.45) is 4.22. The number of amides is 1. The van der Waals surface area contributed by atoms with Crippen molar-refractivity contribution in [2.45, 2.75) is 38.6 Å². The Morgan fingerprint density at radius 1 is 1.17 bits per heavy atom. The van der Waals surface area contributed by atoms with E-state index in [4.69, 9.17) is 9.52 Å². The number of rotatable bonds is 7. The van der Waals surface area contributed by atoms with E-state index >= 15 is 0 Å². The molecule has 0 aliphatic heterocycles. The summed E-state index contributed by atoms with van der Waals surface area (Å²) in [6.45, 7) is 3.77. The predicted octanol–water partition coefficient (Wildman–Crippen LogP) is 3.71. The Balaban J connectivity index is 2.23. The smallest absolute Gasteiger partial charge is 0.305 e. The van der Waals surface area contributed by atoms with Gasteiger partial charge in [-0.15, -0.1) is 0 Å². The number of hydrogen-bond acceptors (Lipinski definition) is 3. The van der Waals surface area contributed by atoms with Crippen LogP contribution in [0.5, 0.6) is 0 Å². The van der Waals surface area contributed by atoms with Crippen LogP contribution in [0.1, 0.15) is 43.5 Å². The van der Waals surface area contributed by atoms with Gasteiger partial charge in [0.05, 0.1) is 24.5 Å². The number of carbonyl (C=O) groups is 2. The minimum absolute atomic E-state index is 0.0901. The van der Waals surface area contributed by atoms with E-state index in [9.17, 15) is 9.59 Å². The van der Waals surface area contributed by atoms with Crippen molar-refractivity contribution in [2.75, 3.05) is 0 Å². The molecule has 0 aliphatic rings. The monoisotopic (exact) mass is 315 g/mol. The summed E-state index contributed by atoms with van der Waals surface area (Å²) in [5.41, 5.74) is 1.54. The normalized spacial score (nSPS) is 11.2. The van der Waals surface area contributed by atoms with Crippen LogP contribution >= 0.6 is 0 Å². The fourth-order valence-electron chi connectivity index (χ4n) is 2.59. The van der Waals surface area contributed by atoms with Crippen LogP contribution in [0.3, 0.4) is 0 Å². The zero-order valence-electron chi connectivity index (χ0n) is 13.3. The van der Waals surface area contributed by atoms with Gasteiger partial charge in [0.25, 0.3) is 5.91 Å². The van der Waals surface area contributed by atoms with Crippen molar-refractivity contribution in [1.82, 2.24) is 5.32 Å². The molecule has 2 aromatic rings. The van der Waals surface area contributed by atoms with Crippen molar-refractivity contribution in [3.05, 3.63) is 48.4 Å². The predicted molar refractivity (Wildman–Crippen MR) is 87.2 cm³/mol. The number of carboxylic acids is 1. The van der Waals surface area contributed by atoms with Crippen LogP contribution in [0, 0.1) is 0 Å². The summed E-state index contributed by atoms with van der Waals surface area (Å²) in [5.74, 6) is -1.18. The van der Waals surface area contributed by atoms with Gasteiger partial charge < -0.3 is 14.8 Å². The largest absolute Gasteiger partial charge is 0.481 e. The maximum absolute atomic E-state index is 12.6. The molecule has 0 aliphatic carbocycles. The van der Waals surface area contributed by atoms with Gasteiger partial charge in [-0.2, -0.15) is 0 Å². The van der Waals surface area contributed by atoms with Crippen molar-refractivity contribution in [3.8, 4) is 11.1 Å². The number of carboxylic acid groups (broad SMARTS) is 1. The summed E-state index contributed by atoms with van der Waals surface area (Å²) in [6, 6.07) is 9.01. The first kappa shape index (κ1) is 16.8. The second-order valence-corrected chi connectivity index (χ2v) is 5.60. The summed E-state index contributed by atoms with van der Waals surface area (Å²) < 4.78 is 5.06. The molecule has 0 bridgehead atoms. The number of benzene rings is 1. The molecule has 2 rings (SSSR count). The van der Waals surface area contributed by atoms with Gasteiger partial charge in [-0.05, 0) is 36.6 Å². The van der Waals surface area contributed by atoms with E-state index in [1.54, 1.807) is 30.7 Å². The second kappa shape index (κ2) is 7.13. The van der Waals surface area contributed by atoms with Crippen LogP contribution in [0.25, 0.3) is 11.1 Å². The topological polar surface area (TPSA) is 79.5 Å². The molecule has 0 spiro atoms. The van der Waals surface area contributed by atoms with E-state index < -0.39 is 11.5 Å². The Bertz CT molecular complexity index is 672. The first-order valence-corrected chi connectivity index (χ1v) is 7.66. The Hall–Kier alpha value is -2.56. The molecule has 5 nitrogen and oxygen atoms in total. The van der Waals surface area contributed by atoms with Crippen molar-refractivity contribution in [1.29, 1.82) is 0 Å². The van der Waals surface area contributed by atoms with Gasteiger partial charge in [-0.25, -0.2) is 0 Å². The molecule has 23 heavy (non-hydrogen) atoms. The molecule has 1 aromatic heterocycles. The lowest BCUT2D eigenvalue weighted by molar-refractivity contribution is -0.138. The lowest BCUT2D eigenvalue weighted by atomic mass is 9.88. The molecule has 5 heteroatoms. The lowest BCUT2D eigenvalue weighted by Crippen LogP contribution is -2.49. The van der Waals surface area contributed by atoms with E-state index in [0.29, 0.717) is 18.4 Å². The Labute approximate surface area is 135 Å². The highest BCUT2D eigenvalue weighted by Crippen LogP contribution is 2.23. The number of furan rings is 1. The summed E-state index contributed by atoms with van der Waals surface area (Å²) in [7, 11) is 0. The molecule has 0 fully saturated rings. The zero-order chi connectivity index (χ0) is 16.9. The highest BCUT2D eigenvalue weighted by Gasteiger charge is 2.31. The van der Waals surface area contributed by atoms with Gasteiger partial charge in [-0.1, -0.05) is 26.0 Å². The Kier molecular flexibility index (Phi) is 5.21. The minimum atomic E-state index is -0.916. The molecule has 0 saturated carbocycles. The maximum Gasteiger partial charge on any atom is 0.305 e. The SMILES string of the molecule is CCC(CC)(CC(=O)O)NC(=O)c1cccc(-c2ccoc2)c1. The molecular formula is C18H21NO4. The Morgan fingerprint density at radius 3 is 2.48 bits per heavy atom.